The lowest BCUT2D eigenvalue weighted by atomic mass is 10.1. The number of H-pyrrole nitrogens is 2. The number of hydrogen-bond donors (Lipinski definition) is 2. The lowest BCUT2D eigenvalue weighted by molar-refractivity contribution is 0.185. The molecule has 0 atom stereocenters. The van der Waals surface area contributed by atoms with Gasteiger partial charge in [0.25, 0.3) is 0 Å². The molecule has 0 spiro atoms. The predicted octanol–water partition coefficient (Wildman–Crippen LogP) is 3.00. The Labute approximate surface area is 163 Å². The van der Waals surface area contributed by atoms with Crippen LogP contribution >= 0.6 is 0 Å². The maximum atomic E-state index is 5.22. The first-order chi connectivity index (χ1) is 13.7. The fraction of sp³-hybridized carbons (Fsp3) is 0.333. The number of methoxy groups -OCH3 is 1. The number of fused-ring (bicyclic) bond motifs is 2. The molecule has 1 aliphatic rings. The number of piperazine rings is 1. The summed E-state index contributed by atoms with van der Waals surface area (Å²) in [6.07, 6.45) is 0. The zero-order valence-electron chi connectivity index (χ0n) is 16.2. The summed E-state index contributed by atoms with van der Waals surface area (Å²) in [6.45, 7) is 4.88. The Balaban J connectivity index is 1.49. The summed E-state index contributed by atoms with van der Waals surface area (Å²) in [6, 6.07) is 12.7. The summed E-state index contributed by atoms with van der Waals surface area (Å²) < 4.78 is 5.22. The molecule has 5 rings (SSSR count). The van der Waals surface area contributed by atoms with Crippen molar-refractivity contribution in [3.8, 4) is 11.5 Å². The molecule has 1 saturated heterocycles. The van der Waals surface area contributed by atoms with Crippen molar-refractivity contribution in [2.24, 2.45) is 0 Å². The monoisotopic (exact) mass is 376 g/mol. The van der Waals surface area contributed by atoms with E-state index in [1.165, 1.54) is 5.69 Å². The van der Waals surface area contributed by atoms with Crippen molar-refractivity contribution in [2.75, 3.05) is 45.2 Å². The summed E-state index contributed by atoms with van der Waals surface area (Å²) in [7, 11) is 3.88. The van der Waals surface area contributed by atoms with Gasteiger partial charge in [-0.15, -0.1) is 0 Å². The average Bonchev–Trinajstić information content (AvgIpc) is 3.31. The molecule has 0 radical (unpaired) electrons. The topological polar surface area (TPSA) is 73.1 Å². The first-order valence-electron chi connectivity index (χ1n) is 9.61. The highest BCUT2D eigenvalue weighted by Crippen LogP contribution is 2.28. The van der Waals surface area contributed by atoms with Crippen molar-refractivity contribution in [1.29, 1.82) is 0 Å². The number of ether oxygens (including phenoxy) is 1. The fourth-order valence-corrected chi connectivity index (χ4v) is 3.87. The van der Waals surface area contributed by atoms with Crippen LogP contribution in [-0.4, -0.2) is 65.4 Å². The van der Waals surface area contributed by atoms with E-state index in [9.17, 15) is 0 Å². The molecule has 0 bridgehead atoms. The first kappa shape index (κ1) is 17.2. The standard InChI is InChI=1S/C21H24N6O/c1-26-7-9-27(10-8-26)15-4-6-17-19(12-15)23-21(22-17)20-16-5-3-14(13-28-2)11-18(16)24-25-20/h3-6,11-12H,7-10,13H2,1-2H3,(H,22,23)(H,24,25). The normalized spacial score (nSPS) is 15.7. The van der Waals surface area contributed by atoms with E-state index in [2.05, 4.69) is 68.4 Å². The van der Waals surface area contributed by atoms with Crippen LogP contribution in [0.2, 0.25) is 0 Å². The lowest BCUT2D eigenvalue weighted by Crippen LogP contribution is -2.44. The number of hydrogen-bond acceptors (Lipinski definition) is 5. The number of aromatic amines is 2. The number of rotatable bonds is 4. The van der Waals surface area contributed by atoms with Gasteiger partial charge in [0.15, 0.2) is 5.82 Å². The number of anilines is 1. The first-order valence-corrected chi connectivity index (χ1v) is 9.61. The summed E-state index contributed by atoms with van der Waals surface area (Å²) in [5, 5.41) is 8.68. The van der Waals surface area contributed by atoms with Crippen molar-refractivity contribution < 1.29 is 4.74 Å². The van der Waals surface area contributed by atoms with Gasteiger partial charge in [0.05, 0.1) is 23.2 Å². The zero-order valence-corrected chi connectivity index (χ0v) is 16.2. The van der Waals surface area contributed by atoms with E-state index in [0.717, 1.165) is 65.2 Å². The summed E-state index contributed by atoms with van der Waals surface area (Å²) in [4.78, 5) is 13.0. The Kier molecular flexibility index (Phi) is 4.26. The van der Waals surface area contributed by atoms with Gasteiger partial charge in [-0.1, -0.05) is 12.1 Å². The predicted molar refractivity (Wildman–Crippen MR) is 112 cm³/mol. The number of nitrogens with zero attached hydrogens (tertiary/aromatic N) is 4. The quantitative estimate of drug-likeness (QED) is 0.573. The molecule has 28 heavy (non-hydrogen) atoms. The Morgan fingerprint density at radius 1 is 1.04 bits per heavy atom. The molecule has 3 heterocycles. The SMILES string of the molecule is COCc1ccc2c(-c3nc4ccc(N5CCN(C)CC5)cc4[nH]3)n[nH]c2c1. The number of likely N-dealkylation sites (N-methyl/N-ethyl adjacent to an activating group) is 1. The Morgan fingerprint density at radius 2 is 1.89 bits per heavy atom. The Bertz CT molecular complexity index is 1120. The van der Waals surface area contributed by atoms with Crippen molar-refractivity contribution in [3.63, 3.8) is 0 Å². The largest absolute Gasteiger partial charge is 0.380 e. The number of nitrogens with one attached hydrogen (secondary N) is 2. The van der Waals surface area contributed by atoms with Crippen LogP contribution in [-0.2, 0) is 11.3 Å². The second-order valence-electron chi connectivity index (χ2n) is 7.46. The van der Waals surface area contributed by atoms with Gasteiger partial charge in [-0.2, -0.15) is 5.10 Å². The van der Waals surface area contributed by atoms with E-state index < -0.39 is 0 Å². The minimum Gasteiger partial charge on any atom is -0.380 e. The maximum absolute atomic E-state index is 5.22. The smallest absolute Gasteiger partial charge is 0.159 e. The van der Waals surface area contributed by atoms with Crippen LogP contribution in [0.1, 0.15) is 5.56 Å². The van der Waals surface area contributed by atoms with Crippen LogP contribution in [0.4, 0.5) is 5.69 Å². The summed E-state index contributed by atoms with van der Waals surface area (Å²) in [5.74, 6) is 0.788. The van der Waals surface area contributed by atoms with Gasteiger partial charge in [0, 0.05) is 44.4 Å². The maximum Gasteiger partial charge on any atom is 0.159 e. The van der Waals surface area contributed by atoms with Crippen molar-refractivity contribution >= 4 is 27.6 Å². The molecule has 0 unspecified atom stereocenters. The molecular formula is C21H24N6O. The third kappa shape index (κ3) is 3.02. The number of benzene rings is 2. The van der Waals surface area contributed by atoms with E-state index in [1.54, 1.807) is 7.11 Å². The molecule has 1 aliphatic heterocycles. The second-order valence-corrected chi connectivity index (χ2v) is 7.46. The Hall–Kier alpha value is -2.90. The molecule has 1 fully saturated rings. The lowest BCUT2D eigenvalue weighted by Gasteiger charge is -2.34. The van der Waals surface area contributed by atoms with E-state index in [1.807, 2.05) is 0 Å². The molecule has 0 aliphatic carbocycles. The highest BCUT2D eigenvalue weighted by molar-refractivity contribution is 5.93. The molecule has 2 aromatic heterocycles. The highest BCUT2D eigenvalue weighted by atomic mass is 16.5. The van der Waals surface area contributed by atoms with Crippen LogP contribution in [0.25, 0.3) is 33.5 Å². The van der Waals surface area contributed by atoms with Crippen LogP contribution in [0.15, 0.2) is 36.4 Å². The number of imidazole rings is 1. The van der Waals surface area contributed by atoms with Gasteiger partial charge in [-0.25, -0.2) is 4.98 Å². The highest BCUT2D eigenvalue weighted by Gasteiger charge is 2.17. The molecule has 2 aromatic carbocycles. The third-order valence-corrected chi connectivity index (χ3v) is 5.50. The van der Waals surface area contributed by atoms with Gasteiger partial charge < -0.3 is 19.5 Å². The van der Waals surface area contributed by atoms with Crippen LogP contribution in [0, 0.1) is 0 Å². The minimum absolute atomic E-state index is 0.587. The minimum atomic E-state index is 0.587. The Morgan fingerprint density at radius 3 is 2.71 bits per heavy atom. The molecule has 4 aromatic rings. The molecule has 7 heteroatoms. The van der Waals surface area contributed by atoms with Gasteiger partial charge in [-0.05, 0) is 36.9 Å². The number of aromatic nitrogens is 4. The van der Waals surface area contributed by atoms with Crippen LogP contribution in [0.3, 0.4) is 0 Å². The molecule has 0 amide bonds. The fourth-order valence-electron chi connectivity index (χ4n) is 3.87. The van der Waals surface area contributed by atoms with Crippen LogP contribution < -0.4 is 4.90 Å². The van der Waals surface area contributed by atoms with Crippen molar-refractivity contribution in [1.82, 2.24) is 25.1 Å². The average molecular weight is 376 g/mol. The van der Waals surface area contributed by atoms with E-state index in [4.69, 9.17) is 9.72 Å². The van der Waals surface area contributed by atoms with Crippen molar-refractivity contribution in [2.45, 2.75) is 6.61 Å². The zero-order chi connectivity index (χ0) is 19.1. The summed E-state index contributed by atoms with van der Waals surface area (Å²) in [5.41, 5.74) is 6.19. The van der Waals surface area contributed by atoms with E-state index >= 15 is 0 Å². The molecule has 2 N–H and O–H groups in total. The molecule has 7 nitrogen and oxygen atoms in total. The van der Waals surface area contributed by atoms with Crippen molar-refractivity contribution in [3.05, 3.63) is 42.0 Å². The van der Waals surface area contributed by atoms with E-state index in [-0.39, 0.29) is 0 Å². The summed E-state index contributed by atoms with van der Waals surface area (Å²) >= 11 is 0. The van der Waals surface area contributed by atoms with Gasteiger partial charge >= 0.3 is 0 Å². The van der Waals surface area contributed by atoms with Crippen LogP contribution in [0.5, 0.6) is 0 Å². The van der Waals surface area contributed by atoms with Gasteiger partial charge in [-0.3, -0.25) is 5.10 Å². The van der Waals surface area contributed by atoms with E-state index in [0.29, 0.717) is 6.61 Å². The van der Waals surface area contributed by atoms with Gasteiger partial charge in [0.1, 0.15) is 5.69 Å². The molecule has 144 valence electrons. The second kappa shape index (κ2) is 6.92. The third-order valence-electron chi connectivity index (χ3n) is 5.50. The molecule has 0 saturated carbocycles. The molecular weight excluding hydrogens is 352 g/mol. The van der Waals surface area contributed by atoms with Gasteiger partial charge in [0.2, 0.25) is 0 Å².